The van der Waals surface area contributed by atoms with Crippen molar-refractivity contribution in [1.29, 1.82) is 0 Å². The number of rotatable bonds is 6. The monoisotopic (exact) mass is 507 g/mol. The van der Waals surface area contributed by atoms with Crippen molar-refractivity contribution in [2.24, 2.45) is 0 Å². The van der Waals surface area contributed by atoms with Crippen molar-refractivity contribution in [3.63, 3.8) is 0 Å². The second kappa shape index (κ2) is 12.4. The van der Waals surface area contributed by atoms with Crippen LogP contribution >= 0.6 is 24.4 Å². The summed E-state index contributed by atoms with van der Waals surface area (Å²) in [4.78, 5) is 24.9. The maximum atomic E-state index is 12.3. The molecule has 4 N–H and O–H groups in total. The number of alkyl halides is 3. The molecule has 0 unspecified atom stereocenters. The highest BCUT2D eigenvalue weighted by atomic mass is 32.2. The number of nitrogens with two attached hydrogens (primary N) is 1. The molecule has 0 saturated heterocycles. The fourth-order valence-corrected chi connectivity index (χ4v) is 3.67. The molecule has 0 aliphatic carbocycles. The van der Waals surface area contributed by atoms with Crippen molar-refractivity contribution in [1.82, 2.24) is 0 Å². The smallest absolute Gasteiger partial charge is 0.399 e. The number of halogens is 3. The van der Waals surface area contributed by atoms with Gasteiger partial charge in [0.25, 0.3) is 5.91 Å². The van der Waals surface area contributed by atoms with Crippen molar-refractivity contribution in [2.45, 2.75) is 35.1 Å². The van der Waals surface area contributed by atoms with Crippen LogP contribution in [0.1, 0.15) is 29.8 Å². The molecule has 180 valence electrons. The molecule has 0 saturated carbocycles. The number of nitrogen functional groups attached to an aromatic ring is 1. The van der Waals surface area contributed by atoms with Crippen LogP contribution in [0.3, 0.4) is 0 Å². The lowest BCUT2D eigenvalue weighted by Gasteiger charge is -2.12. The Morgan fingerprint density at radius 3 is 2.18 bits per heavy atom. The average Bonchev–Trinajstić information content (AvgIpc) is 2.76. The largest absolute Gasteiger partial charge is 0.416 e. The highest BCUT2D eigenvalue weighted by Gasteiger charge is 2.29. The van der Waals surface area contributed by atoms with Gasteiger partial charge in [0.1, 0.15) is 0 Å². The van der Waals surface area contributed by atoms with Crippen LogP contribution in [0.25, 0.3) is 0 Å². The Hall–Kier alpha value is -3.11. The van der Waals surface area contributed by atoms with E-state index in [1.54, 1.807) is 48.2 Å². The zero-order chi connectivity index (χ0) is 25.3. The number of thioether (sulfide) groups is 1. The molecule has 0 radical (unpaired) electrons. The standard InChI is InChI=1S/C17H18N2O2S2.C7H6F3N/c1-11(2)23-16-8-3-12(9-15(16)18-10-20)17(21)19-13-4-6-14(22)7-5-13;8-7(9,10)5-1-3-6(11)4-2-5/h3-11,22H,1-2H3,(H,18,20)(H,19,21);1-4H,11H2. The minimum Gasteiger partial charge on any atom is -0.399 e. The number of nitrogens with one attached hydrogen (secondary N) is 2. The highest BCUT2D eigenvalue weighted by Crippen LogP contribution is 2.31. The third-order valence-electron chi connectivity index (χ3n) is 4.18. The summed E-state index contributed by atoms with van der Waals surface area (Å²) in [7, 11) is 0. The van der Waals surface area contributed by atoms with Crippen LogP contribution in [0.5, 0.6) is 0 Å². The quantitative estimate of drug-likeness (QED) is 0.131. The van der Waals surface area contributed by atoms with Crippen molar-refractivity contribution in [3.8, 4) is 0 Å². The molecule has 3 aromatic rings. The highest BCUT2D eigenvalue weighted by molar-refractivity contribution is 8.00. The molecule has 0 heterocycles. The number of carbonyl (C=O) groups excluding carboxylic acids is 2. The second-order valence-electron chi connectivity index (χ2n) is 7.26. The second-order valence-corrected chi connectivity index (χ2v) is 9.40. The van der Waals surface area contributed by atoms with E-state index in [4.69, 9.17) is 5.73 Å². The predicted molar refractivity (Wildman–Crippen MR) is 135 cm³/mol. The zero-order valence-electron chi connectivity index (χ0n) is 18.4. The Kier molecular flexibility index (Phi) is 9.88. The summed E-state index contributed by atoms with van der Waals surface area (Å²) in [5, 5.41) is 5.85. The first kappa shape index (κ1) is 27.1. The summed E-state index contributed by atoms with van der Waals surface area (Å²) < 4.78 is 35.6. The van der Waals surface area contributed by atoms with Crippen LogP contribution in [-0.2, 0) is 11.0 Å². The fraction of sp³-hybridized carbons (Fsp3) is 0.167. The van der Waals surface area contributed by atoms with Gasteiger partial charge >= 0.3 is 6.18 Å². The topological polar surface area (TPSA) is 84.2 Å². The number of anilines is 3. The van der Waals surface area contributed by atoms with Gasteiger partial charge < -0.3 is 16.4 Å². The van der Waals surface area contributed by atoms with Gasteiger partial charge in [0.2, 0.25) is 6.41 Å². The fourth-order valence-electron chi connectivity index (χ4n) is 2.62. The maximum absolute atomic E-state index is 12.3. The summed E-state index contributed by atoms with van der Waals surface area (Å²) in [6.07, 6.45) is -3.65. The summed E-state index contributed by atoms with van der Waals surface area (Å²) in [5.41, 5.74) is 6.67. The van der Waals surface area contributed by atoms with Gasteiger partial charge in [-0.1, -0.05) is 13.8 Å². The number of thiol groups is 1. The number of amides is 2. The molecule has 5 nitrogen and oxygen atoms in total. The molecule has 0 atom stereocenters. The molecule has 0 fully saturated rings. The van der Waals surface area contributed by atoms with Crippen LogP contribution in [0.15, 0.2) is 76.5 Å². The number of hydrogen-bond acceptors (Lipinski definition) is 5. The molecule has 0 spiro atoms. The Balaban J connectivity index is 0.000000310. The van der Waals surface area contributed by atoms with E-state index < -0.39 is 11.7 Å². The first-order valence-electron chi connectivity index (χ1n) is 10.0. The number of carbonyl (C=O) groups is 2. The molecule has 0 aliphatic rings. The Morgan fingerprint density at radius 2 is 1.65 bits per heavy atom. The predicted octanol–water partition coefficient (Wildman–Crippen LogP) is 6.58. The van der Waals surface area contributed by atoms with E-state index >= 15 is 0 Å². The van der Waals surface area contributed by atoms with Crippen molar-refractivity contribution in [3.05, 3.63) is 77.9 Å². The van der Waals surface area contributed by atoms with Crippen molar-refractivity contribution in [2.75, 3.05) is 16.4 Å². The third-order valence-corrected chi connectivity index (χ3v) is 5.56. The van der Waals surface area contributed by atoms with E-state index in [1.165, 1.54) is 12.1 Å². The molecule has 3 aromatic carbocycles. The van der Waals surface area contributed by atoms with Crippen LogP contribution < -0.4 is 16.4 Å². The van der Waals surface area contributed by atoms with E-state index in [2.05, 4.69) is 37.1 Å². The molecule has 0 aromatic heterocycles. The Bertz CT molecular complexity index is 1100. The molecular formula is C24H24F3N3O2S2. The maximum Gasteiger partial charge on any atom is 0.416 e. The van der Waals surface area contributed by atoms with Gasteiger partial charge in [0.05, 0.1) is 11.3 Å². The molecule has 34 heavy (non-hydrogen) atoms. The van der Waals surface area contributed by atoms with Gasteiger partial charge in [0, 0.05) is 32.0 Å². The molecular weight excluding hydrogens is 483 g/mol. The first-order chi connectivity index (χ1) is 16.0. The van der Waals surface area contributed by atoms with Crippen LogP contribution in [0.4, 0.5) is 30.2 Å². The van der Waals surface area contributed by atoms with E-state index in [0.29, 0.717) is 34.3 Å². The Morgan fingerprint density at radius 1 is 1.03 bits per heavy atom. The van der Waals surface area contributed by atoms with E-state index in [1.807, 2.05) is 6.07 Å². The SMILES string of the molecule is CC(C)Sc1ccc(C(=O)Nc2ccc(S)cc2)cc1NC=O.Nc1ccc(C(F)(F)F)cc1. The number of benzene rings is 3. The average molecular weight is 508 g/mol. The van der Waals surface area contributed by atoms with Gasteiger partial charge in [-0.25, -0.2) is 0 Å². The van der Waals surface area contributed by atoms with Crippen LogP contribution in [0.2, 0.25) is 0 Å². The summed E-state index contributed by atoms with van der Waals surface area (Å²) in [6.45, 7) is 4.14. The Labute approximate surface area is 205 Å². The first-order valence-corrected chi connectivity index (χ1v) is 11.4. The third kappa shape index (κ3) is 8.68. The van der Waals surface area contributed by atoms with E-state index in [9.17, 15) is 22.8 Å². The van der Waals surface area contributed by atoms with E-state index in [-0.39, 0.29) is 5.91 Å². The van der Waals surface area contributed by atoms with E-state index in [0.717, 1.165) is 21.9 Å². The lowest BCUT2D eigenvalue weighted by molar-refractivity contribution is -0.137. The summed E-state index contributed by atoms with van der Waals surface area (Å²) in [6, 6.07) is 16.8. The molecule has 3 rings (SSSR count). The van der Waals surface area contributed by atoms with Gasteiger partial charge in [-0.15, -0.1) is 24.4 Å². The van der Waals surface area contributed by atoms with Gasteiger partial charge in [-0.3, -0.25) is 9.59 Å². The zero-order valence-corrected chi connectivity index (χ0v) is 20.1. The lowest BCUT2D eigenvalue weighted by atomic mass is 10.2. The molecule has 0 bridgehead atoms. The van der Waals surface area contributed by atoms with Gasteiger partial charge in [-0.2, -0.15) is 13.2 Å². The molecule has 0 aliphatic heterocycles. The van der Waals surface area contributed by atoms with Crippen LogP contribution in [-0.4, -0.2) is 17.6 Å². The molecule has 2 amide bonds. The normalized spacial score (nSPS) is 10.8. The lowest BCUT2D eigenvalue weighted by Crippen LogP contribution is -2.12. The summed E-state index contributed by atoms with van der Waals surface area (Å²) >= 11 is 5.84. The van der Waals surface area contributed by atoms with Crippen molar-refractivity contribution < 1.29 is 22.8 Å². The number of hydrogen-bond donors (Lipinski definition) is 4. The van der Waals surface area contributed by atoms with Crippen molar-refractivity contribution >= 4 is 53.8 Å². The molecule has 10 heteroatoms. The minimum absolute atomic E-state index is 0.230. The van der Waals surface area contributed by atoms with Gasteiger partial charge in [0.15, 0.2) is 0 Å². The minimum atomic E-state index is -4.27. The van der Waals surface area contributed by atoms with Crippen LogP contribution in [0, 0.1) is 0 Å². The summed E-state index contributed by atoms with van der Waals surface area (Å²) in [5.74, 6) is -0.230. The van der Waals surface area contributed by atoms with Gasteiger partial charge in [-0.05, 0) is 66.7 Å².